The SMILES string of the molecule is CC(C)C(NC(=O)C(Cc1ccc(O)cc1)NC(=O)C1CCCN1C(=O)C(N)CCCN=C(N)N)C(=O)O. The summed E-state index contributed by atoms with van der Waals surface area (Å²) < 4.78 is 0. The summed E-state index contributed by atoms with van der Waals surface area (Å²) >= 11 is 0. The number of carbonyl (C=O) groups is 4. The van der Waals surface area contributed by atoms with E-state index in [1.54, 1.807) is 26.0 Å². The minimum absolute atomic E-state index is 0.0410. The van der Waals surface area contributed by atoms with Crippen LogP contribution in [0.5, 0.6) is 5.75 Å². The zero-order chi connectivity index (χ0) is 28.4. The van der Waals surface area contributed by atoms with Crippen molar-refractivity contribution in [3.63, 3.8) is 0 Å². The van der Waals surface area contributed by atoms with Gasteiger partial charge in [-0.1, -0.05) is 26.0 Å². The number of likely N-dealkylation sites (tertiary alicyclic amines) is 1. The first-order chi connectivity index (χ1) is 17.9. The van der Waals surface area contributed by atoms with Crippen LogP contribution in [0.4, 0.5) is 0 Å². The van der Waals surface area contributed by atoms with Crippen LogP contribution >= 0.6 is 0 Å². The van der Waals surface area contributed by atoms with Crippen LogP contribution in [0.3, 0.4) is 0 Å². The van der Waals surface area contributed by atoms with Gasteiger partial charge in [0, 0.05) is 19.5 Å². The number of aliphatic imine (C=N–C) groups is 1. The summed E-state index contributed by atoms with van der Waals surface area (Å²) in [4.78, 5) is 56.3. The summed E-state index contributed by atoms with van der Waals surface area (Å²) in [6.07, 6.45) is 1.86. The highest BCUT2D eigenvalue weighted by Crippen LogP contribution is 2.20. The van der Waals surface area contributed by atoms with Crippen LogP contribution in [0.15, 0.2) is 29.3 Å². The Hall–Kier alpha value is -3.87. The van der Waals surface area contributed by atoms with Gasteiger partial charge in [0.1, 0.15) is 23.9 Å². The van der Waals surface area contributed by atoms with Crippen LogP contribution in [0.1, 0.15) is 45.1 Å². The Morgan fingerprint density at radius 1 is 1.13 bits per heavy atom. The van der Waals surface area contributed by atoms with Gasteiger partial charge in [-0.25, -0.2) is 4.79 Å². The van der Waals surface area contributed by atoms with Crippen LogP contribution in [0.25, 0.3) is 0 Å². The number of hydrogen-bond acceptors (Lipinski definition) is 7. The molecule has 1 heterocycles. The van der Waals surface area contributed by atoms with Gasteiger partial charge < -0.3 is 42.9 Å². The second-order valence-corrected chi connectivity index (χ2v) is 9.75. The Balaban J connectivity index is 2.14. The van der Waals surface area contributed by atoms with Crippen LogP contribution in [0, 0.1) is 5.92 Å². The maximum absolute atomic E-state index is 13.3. The van der Waals surface area contributed by atoms with Crippen LogP contribution in [0.2, 0.25) is 0 Å². The molecule has 0 spiro atoms. The molecule has 4 atom stereocenters. The monoisotopic (exact) mass is 533 g/mol. The van der Waals surface area contributed by atoms with Crippen LogP contribution < -0.4 is 27.8 Å². The molecule has 0 aliphatic carbocycles. The van der Waals surface area contributed by atoms with E-state index in [1.165, 1.54) is 17.0 Å². The van der Waals surface area contributed by atoms with E-state index in [9.17, 15) is 29.4 Å². The molecule has 0 radical (unpaired) electrons. The van der Waals surface area contributed by atoms with Crippen LogP contribution in [-0.4, -0.2) is 82.0 Å². The highest BCUT2D eigenvalue weighted by Gasteiger charge is 2.38. The lowest BCUT2D eigenvalue weighted by atomic mass is 10.0. The minimum atomic E-state index is -1.19. The highest BCUT2D eigenvalue weighted by molar-refractivity contribution is 5.94. The smallest absolute Gasteiger partial charge is 0.326 e. The lowest BCUT2D eigenvalue weighted by molar-refractivity contribution is -0.144. The van der Waals surface area contributed by atoms with Gasteiger partial charge in [0.25, 0.3) is 0 Å². The van der Waals surface area contributed by atoms with Crippen molar-refractivity contribution in [3.8, 4) is 5.75 Å². The summed E-state index contributed by atoms with van der Waals surface area (Å²) in [7, 11) is 0. The molecule has 0 bridgehead atoms. The maximum Gasteiger partial charge on any atom is 0.326 e. The number of carboxylic acid groups (broad SMARTS) is 1. The van der Waals surface area contributed by atoms with Crippen molar-refractivity contribution >= 4 is 29.7 Å². The zero-order valence-electron chi connectivity index (χ0n) is 21.8. The Morgan fingerprint density at radius 2 is 1.79 bits per heavy atom. The van der Waals surface area contributed by atoms with E-state index in [0.29, 0.717) is 44.3 Å². The quantitative estimate of drug-likeness (QED) is 0.0937. The van der Waals surface area contributed by atoms with E-state index in [-0.39, 0.29) is 24.0 Å². The normalized spacial score (nSPS) is 17.4. The summed E-state index contributed by atoms with van der Waals surface area (Å²) in [5.74, 6) is -3.16. The number of rotatable bonds is 13. The number of nitrogens with two attached hydrogens (primary N) is 3. The van der Waals surface area contributed by atoms with Gasteiger partial charge in [0.2, 0.25) is 17.7 Å². The molecule has 0 saturated carbocycles. The predicted octanol–water partition coefficient (Wildman–Crippen LogP) is -0.983. The number of aliphatic carboxylic acids is 1. The molecule has 13 heteroatoms. The number of nitrogens with zero attached hydrogens (tertiary/aromatic N) is 2. The standard InChI is InChI=1S/C25H39N7O6/c1-14(2)20(24(37)38)31-21(34)18(13-15-7-9-16(33)10-8-15)30-22(35)19-6-4-12-32(19)23(36)17(26)5-3-11-29-25(27)28/h7-10,14,17-20,33H,3-6,11-13,26H2,1-2H3,(H,30,35)(H,31,34)(H,37,38)(H4,27,28,29). The number of carbonyl (C=O) groups excluding carboxylic acids is 3. The number of phenols is 1. The lowest BCUT2D eigenvalue weighted by Gasteiger charge is -2.29. The molecule has 1 aromatic rings. The minimum Gasteiger partial charge on any atom is -0.508 e. The fourth-order valence-electron chi connectivity index (χ4n) is 4.27. The first-order valence-electron chi connectivity index (χ1n) is 12.6. The van der Waals surface area contributed by atoms with Crippen molar-refractivity contribution in [1.29, 1.82) is 0 Å². The highest BCUT2D eigenvalue weighted by atomic mass is 16.4. The van der Waals surface area contributed by atoms with Gasteiger partial charge in [-0.2, -0.15) is 0 Å². The molecule has 3 amide bonds. The number of hydrogen-bond donors (Lipinski definition) is 7. The summed E-state index contributed by atoms with van der Waals surface area (Å²) in [5, 5.41) is 24.3. The maximum atomic E-state index is 13.3. The number of amides is 3. The second kappa shape index (κ2) is 14.2. The molecule has 2 rings (SSSR count). The van der Waals surface area contributed by atoms with Crippen molar-refractivity contribution in [3.05, 3.63) is 29.8 Å². The summed E-state index contributed by atoms with van der Waals surface area (Å²) in [6.45, 7) is 4.00. The molecule has 4 unspecified atom stereocenters. The zero-order valence-corrected chi connectivity index (χ0v) is 21.8. The number of aromatic hydroxyl groups is 1. The first-order valence-corrected chi connectivity index (χ1v) is 12.6. The molecule has 10 N–H and O–H groups in total. The Kier molecular flexibility index (Phi) is 11.3. The average Bonchev–Trinajstić information content (AvgIpc) is 3.34. The van der Waals surface area contributed by atoms with Gasteiger partial charge in [-0.3, -0.25) is 19.4 Å². The van der Waals surface area contributed by atoms with Crippen molar-refractivity contribution in [2.45, 2.75) is 70.1 Å². The van der Waals surface area contributed by atoms with E-state index >= 15 is 0 Å². The fraction of sp³-hybridized carbons (Fsp3) is 0.560. The molecule has 1 fully saturated rings. The van der Waals surface area contributed by atoms with Crippen molar-refractivity contribution in [2.75, 3.05) is 13.1 Å². The molecule has 1 aromatic carbocycles. The molecule has 1 saturated heterocycles. The van der Waals surface area contributed by atoms with Gasteiger partial charge in [0.15, 0.2) is 5.96 Å². The van der Waals surface area contributed by atoms with Gasteiger partial charge in [-0.05, 0) is 49.3 Å². The molecular weight excluding hydrogens is 494 g/mol. The van der Waals surface area contributed by atoms with E-state index < -0.39 is 47.9 Å². The van der Waals surface area contributed by atoms with Crippen molar-refractivity contribution < 1.29 is 29.4 Å². The Morgan fingerprint density at radius 3 is 2.37 bits per heavy atom. The lowest BCUT2D eigenvalue weighted by Crippen LogP contribution is -2.57. The first kappa shape index (κ1) is 30.4. The number of nitrogens with one attached hydrogen (secondary N) is 2. The van der Waals surface area contributed by atoms with Gasteiger partial charge in [-0.15, -0.1) is 0 Å². The largest absolute Gasteiger partial charge is 0.508 e. The number of carboxylic acids is 1. The van der Waals surface area contributed by atoms with Gasteiger partial charge in [0.05, 0.1) is 6.04 Å². The third-order valence-corrected chi connectivity index (χ3v) is 6.36. The number of guanidine groups is 1. The van der Waals surface area contributed by atoms with E-state index in [0.717, 1.165) is 0 Å². The third-order valence-electron chi connectivity index (χ3n) is 6.36. The summed E-state index contributed by atoms with van der Waals surface area (Å²) in [5.41, 5.74) is 17.3. The molecule has 210 valence electrons. The Bertz CT molecular complexity index is 1010. The third kappa shape index (κ3) is 8.91. The fourth-order valence-corrected chi connectivity index (χ4v) is 4.27. The van der Waals surface area contributed by atoms with Gasteiger partial charge >= 0.3 is 5.97 Å². The van der Waals surface area contributed by atoms with Crippen LogP contribution in [-0.2, 0) is 25.6 Å². The van der Waals surface area contributed by atoms with Crippen molar-refractivity contribution in [1.82, 2.24) is 15.5 Å². The number of phenolic OH excluding ortho intramolecular Hbond substituents is 1. The summed E-state index contributed by atoms with van der Waals surface area (Å²) in [6, 6.07) is 2.19. The number of benzene rings is 1. The molecule has 13 nitrogen and oxygen atoms in total. The molecule has 1 aliphatic rings. The average molecular weight is 534 g/mol. The Labute approximate surface area is 221 Å². The van der Waals surface area contributed by atoms with Crippen molar-refractivity contribution in [2.24, 2.45) is 28.1 Å². The van der Waals surface area contributed by atoms with E-state index in [2.05, 4.69) is 15.6 Å². The molecule has 38 heavy (non-hydrogen) atoms. The van der Waals surface area contributed by atoms with E-state index in [1.807, 2.05) is 0 Å². The molecular formula is C25H39N7O6. The van der Waals surface area contributed by atoms with E-state index in [4.69, 9.17) is 17.2 Å². The predicted molar refractivity (Wildman–Crippen MR) is 141 cm³/mol. The second-order valence-electron chi connectivity index (χ2n) is 9.75. The topological polar surface area (TPSA) is 226 Å². The molecule has 1 aliphatic heterocycles. The molecule has 0 aromatic heterocycles.